The molecule has 0 saturated carbocycles. The van der Waals surface area contributed by atoms with E-state index in [2.05, 4.69) is 5.32 Å². The van der Waals surface area contributed by atoms with Gasteiger partial charge in [0.05, 0.1) is 5.56 Å². The van der Waals surface area contributed by atoms with E-state index in [1.54, 1.807) is 18.2 Å². The molecule has 2 rings (SSSR count). The number of carbonyl (C=O) groups is 2. The van der Waals surface area contributed by atoms with Crippen molar-refractivity contribution in [2.24, 2.45) is 0 Å². The lowest BCUT2D eigenvalue weighted by molar-refractivity contribution is -0.119. The Kier molecular flexibility index (Phi) is 5.58. The van der Waals surface area contributed by atoms with E-state index in [1.807, 2.05) is 57.1 Å². The molecule has 2 aromatic carbocycles. The Hall–Kier alpha value is -2.82. The number of anilines is 2. The van der Waals surface area contributed by atoms with Crippen molar-refractivity contribution in [1.82, 2.24) is 0 Å². The van der Waals surface area contributed by atoms with Gasteiger partial charge in [-0.15, -0.1) is 0 Å². The minimum atomic E-state index is -0.491. The van der Waals surface area contributed by atoms with Crippen LogP contribution in [0.4, 0.5) is 11.4 Å². The molecule has 5 heteroatoms. The lowest BCUT2D eigenvalue weighted by atomic mass is 10.1. The third-order valence-electron chi connectivity index (χ3n) is 3.61. The van der Waals surface area contributed by atoms with Gasteiger partial charge >= 0.3 is 5.97 Å². The van der Waals surface area contributed by atoms with Crippen LogP contribution in [-0.2, 0) is 9.53 Å². The minimum Gasteiger partial charge on any atom is -0.452 e. The van der Waals surface area contributed by atoms with Crippen molar-refractivity contribution in [2.75, 3.05) is 30.9 Å². The van der Waals surface area contributed by atoms with Crippen molar-refractivity contribution in [2.45, 2.75) is 13.8 Å². The van der Waals surface area contributed by atoms with Crippen molar-refractivity contribution in [3.05, 3.63) is 59.2 Å². The van der Waals surface area contributed by atoms with Crippen LogP contribution in [0.5, 0.6) is 0 Å². The summed E-state index contributed by atoms with van der Waals surface area (Å²) in [5, 5.41) is 2.71. The van der Waals surface area contributed by atoms with Crippen LogP contribution in [0.25, 0.3) is 0 Å². The summed E-state index contributed by atoms with van der Waals surface area (Å²) < 4.78 is 5.10. The van der Waals surface area contributed by atoms with Crippen LogP contribution < -0.4 is 10.2 Å². The molecule has 2 aromatic rings. The van der Waals surface area contributed by atoms with Gasteiger partial charge in [0.1, 0.15) is 0 Å². The third kappa shape index (κ3) is 4.59. The van der Waals surface area contributed by atoms with Crippen molar-refractivity contribution in [3.63, 3.8) is 0 Å². The van der Waals surface area contributed by atoms with Crippen LogP contribution in [-0.4, -0.2) is 32.6 Å². The van der Waals surface area contributed by atoms with Crippen LogP contribution >= 0.6 is 0 Å². The summed E-state index contributed by atoms with van der Waals surface area (Å²) in [7, 11) is 3.89. The first kappa shape index (κ1) is 17.5. The average Bonchev–Trinajstić information content (AvgIpc) is 2.55. The summed E-state index contributed by atoms with van der Waals surface area (Å²) in [6, 6.07) is 13.0. The molecule has 0 atom stereocenters. The quantitative estimate of drug-likeness (QED) is 0.858. The molecule has 0 aliphatic carbocycles. The van der Waals surface area contributed by atoms with Crippen molar-refractivity contribution in [1.29, 1.82) is 0 Å². The maximum atomic E-state index is 12.1. The van der Waals surface area contributed by atoms with Crippen molar-refractivity contribution < 1.29 is 14.3 Å². The van der Waals surface area contributed by atoms with Crippen LogP contribution in [0.3, 0.4) is 0 Å². The fourth-order valence-electron chi connectivity index (χ4n) is 2.20. The van der Waals surface area contributed by atoms with E-state index in [-0.39, 0.29) is 12.5 Å². The van der Waals surface area contributed by atoms with E-state index in [4.69, 9.17) is 4.74 Å². The second-order valence-corrected chi connectivity index (χ2v) is 5.88. The first-order valence-corrected chi connectivity index (χ1v) is 7.68. The Morgan fingerprint density at radius 2 is 1.71 bits per heavy atom. The summed E-state index contributed by atoms with van der Waals surface area (Å²) in [4.78, 5) is 26.0. The predicted molar refractivity (Wildman–Crippen MR) is 95.6 cm³/mol. The highest BCUT2D eigenvalue weighted by molar-refractivity contribution is 5.96. The van der Waals surface area contributed by atoms with Crippen LogP contribution in [0.2, 0.25) is 0 Å². The monoisotopic (exact) mass is 326 g/mol. The zero-order valence-electron chi connectivity index (χ0n) is 14.4. The summed E-state index contributed by atoms with van der Waals surface area (Å²) in [6.45, 7) is 3.42. The molecule has 0 heterocycles. The number of rotatable bonds is 5. The van der Waals surface area contributed by atoms with Gasteiger partial charge in [-0.25, -0.2) is 4.79 Å². The first-order valence-electron chi connectivity index (χ1n) is 7.68. The van der Waals surface area contributed by atoms with Gasteiger partial charge in [-0.3, -0.25) is 4.79 Å². The van der Waals surface area contributed by atoms with Gasteiger partial charge in [-0.1, -0.05) is 17.7 Å². The summed E-state index contributed by atoms with van der Waals surface area (Å²) in [6.07, 6.45) is 0. The lowest BCUT2D eigenvalue weighted by Gasteiger charge is -2.13. The molecule has 126 valence electrons. The van der Waals surface area contributed by atoms with E-state index in [0.717, 1.165) is 16.8 Å². The van der Waals surface area contributed by atoms with E-state index >= 15 is 0 Å². The zero-order chi connectivity index (χ0) is 17.7. The Balaban J connectivity index is 1.90. The molecule has 0 aliphatic heterocycles. The maximum absolute atomic E-state index is 12.1. The van der Waals surface area contributed by atoms with Crippen LogP contribution in [0.1, 0.15) is 21.5 Å². The second-order valence-electron chi connectivity index (χ2n) is 5.88. The normalized spacial score (nSPS) is 10.2. The number of aryl methyl sites for hydroxylation is 2. The molecule has 24 heavy (non-hydrogen) atoms. The van der Waals surface area contributed by atoms with E-state index in [0.29, 0.717) is 11.3 Å². The molecule has 0 aromatic heterocycles. The number of ether oxygens (including phenoxy) is 1. The molecule has 0 spiro atoms. The Morgan fingerprint density at radius 3 is 2.33 bits per heavy atom. The molecule has 0 unspecified atom stereocenters. The molecule has 1 amide bonds. The number of carbonyl (C=O) groups excluding carboxylic acids is 2. The fraction of sp³-hybridized carbons (Fsp3) is 0.263. The van der Waals surface area contributed by atoms with Gasteiger partial charge in [-0.05, 0) is 49.7 Å². The molecule has 0 fully saturated rings. The highest BCUT2D eigenvalue weighted by Crippen LogP contribution is 2.16. The standard InChI is InChI=1S/C19H22N2O3/c1-13-5-6-14(2)17(11-13)19(23)24-12-18(22)20-15-7-9-16(10-8-15)21(3)4/h5-11H,12H2,1-4H3,(H,20,22). The largest absolute Gasteiger partial charge is 0.452 e. The number of hydrogen-bond donors (Lipinski definition) is 1. The number of esters is 1. The Bertz CT molecular complexity index is 737. The average molecular weight is 326 g/mol. The predicted octanol–water partition coefficient (Wildman–Crippen LogP) is 3.16. The van der Waals surface area contributed by atoms with Crippen LogP contribution in [0, 0.1) is 13.8 Å². The maximum Gasteiger partial charge on any atom is 0.338 e. The van der Waals surface area contributed by atoms with Gasteiger partial charge in [0, 0.05) is 25.5 Å². The highest BCUT2D eigenvalue weighted by atomic mass is 16.5. The molecular formula is C19H22N2O3. The number of amides is 1. The van der Waals surface area contributed by atoms with Gasteiger partial charge in [0.25, 0.3) is 5.91 Å². The number of benzene rings is 2. The summed E-state index contributed by atoms with van der Waals surface area (Å²) >= 11 is 0. The molecule has 0 saturated heterocycles. The lowest BCUT2D eigenvalue weighted by Crippen LogP contribution is -2.21. The minimum absolute atomic E-state index is 0.318. The van der Waals surface area contributed by atoms with Crippen molar-refractivity contribution >= 4 is 23.3 Å². The molecule has 0 bridgehead atoms. The molecule has 0 radical (unpaired) electrons. The van der Waals surface area contributed by atoms with E-state index in [1.165, 1.54) is 0 Å². The summed E-state index contributed by atoms with van der Waals surface area (Å²) in [5.74, 6) is -0.861. The fourth-order valence-corrected chi connectivity index (χ4v) is 2.20. The Labute approximate surface area is 142 Å². The number of hydrogen-bond acceptors (Lipinski definition) is 4. The number of nitrogens with one attached hydrogen (secondary N) is 1. The molecule has 5 nitrogen and oxygen atoms in total. The van der Waals surface area contributed by atoms with E-state index < -0.39 is 5.97 Å². The van der Waals surface area contributed by atoms with E-state index in [9.17, 15) is 9.59 Å². The molecule has 0 aliphatic rings. The topological polar surface area (TPSA) is 58.6 Å². The van der Waals surface area contributed by atoms with Crippen molar-refractivity contribution in [3.8, 4) is 0 Å². The number of nitrogens with zero attached hydrogens (tertiary/aromatic N) is 1. The first-order chi connectivity index (χ1) is 11.4. The van der Waals surface area contributed by atoms with Gasteiger partial charge in [-0.2, -0.15) is 0 Å². The van der Waals surface area contributed by atoms with Gasteiger partial charge in [0.15, 0.2) is 6.61 Å². The van der Waals surface area contributed by atoms with Gasteiger partial charge < -0.3 is 15.0 Å². The molecular weight excluding hydrogens is 304 g/mol. The third-order valence-corrected chi connectivity index (χ3v) is 3.61. The second kappa shape index (κ2) is 7.64. The van der Waals surface area contributed by atoms with Gasteiger partial charge in [0.2, 0.25) is 0 Å². The summed E-state index contributed by atoms with van der Waals surface area (Å²) in [5.41, 5.74) is 3.98. The highest BCUT2D eigenvalue weighted by Gasteiger charge is 2.13. The smallest absolute Gasteiger partial charge is 0.338 e. The molecule has 1 N–H and O–H groups in total. The zero-order valence-corrected chi connectivity index (χ0v) is 14.4. The van der Waals surface area contributed by atoms with Crippen LogP contribution in [0.15, 0.2) is 42.5 Å². The Morgan fingerprint density at radius 1 is 1.04 bits per heavy atom. The SMILES string of the molecule is Cc1ccc(C)c(C(=O)OCC(=O)Nc2ccc(N(C)C)cc2)c1.